The third-order valence-corrected chi connectivity index (χ3v) is 3.17. The summed E-state index contributed by atoms with van der Waals surface area (Å²) in [6.45, 7) is 3.17. The van der Waals surface area contributed by atoms with Gasteiger partial charge in [0, 0.05) is 26.0 Å². The van der Waals surface area contributed by atoms with Crippen molar-refractivity contribution in [1.29, 1.82) is 0 Å². The van der Waals surface area contributed by atoms with Crippen LogP contribution in [0.3, 0.4) is 0 Å². The van der Waals surface area contributed by atoms with Gasteiger partial charge in [-0.15, -0.1) is 0 Å². The van der Waals surface area contributed by atoms with Gasteiger partial charge in [-0.3, -0.25) is 4.98 Å². The van der Waals surface area contributed by atoms with Crippen molar-refractivity contribution >= 4 is 21.7 Å². The molecule has 6 nitrogen and oxygen atoms in total. The first-order chi connectivity index (χ1) is 9.26. The Bertz CT molecular complexity index is 522. The molecule has 0 atom stereocenters. The van der Waals surface area contributed by atoms with Crippen molar-refractivity contribution in [3.05, 3.63) is 28.8 Å². The number of halogens is 1. The summed E-state index contributed by atoms with van der Waals surface area (Å²) in [4.78, 5) is 17.1. The van der Waals surface area contributed by atoms with Crippen molar-refractivity contribution in [2.45, 2.75) is 13.5 Å². The van der Waals surface area contributed by atoms with E-state index in [9.17, 15) is 0 Å². The zero-order chi connectivity index (χ0) is 13.7. The number of hydrogen-bond acceptors (Lipinski definition) is 6. The third-order valence-electron chi connectivity index (χ3n) is 2.34. The summed E-state index contributed by atoms with van der Waals surface area (Å²) < 4.78 is 5.96. The zero-order valence-corrected chi connectivity index (χ0v) is 12.3. The van der Waals surface area contributed by atoms with Crippen molar-refractivity contribution in [2.75, 3.05) is 19.0 Å². The first kappa shape index (κ1) is 13.8. The Morgan fingerprint density at radius 2 is 2.16 bits per heavy atom. The summed E-state index contributed by atoms with van der Waals surface area (Å²) in [7, 11) is 1.63. The minimum atomic E-state index is 0.398. The van der Waals surface area contributed by atoms with Crippen LogP contribution in [-0.2, 0) is 11.3 Å². The molecule has 0 radical (unpaired) electrons. The Morgan fingerprint density at radius 3 is 2.79 bits per heavy atom. The minimum Gasteiger partial charge on any atom is -0.378 e. The SMILES string of the molecule is CCNc1nc(-c2cnccn2)nc(COC)c1Br. The molecule has 7 heteroatoms. The Labute approximate surface area is 119 Å². The van der Waals surface area contributed by atoms with E-state index in [0.29, 0.717) is 18.1 Å². The van der Waals surface area contributed by atoms with E-state index in [1.54, 1.807) is 25.7 Å². The fourth-order valence-electron chi connectivity index (χ4n) is 1.54. The molecule has 100 valence electrons. The highest BCUT2D eigenvalue weighted by atomic mass is 79.9. The van der Waals surface area contributed by atoms with Crippen LogP contribution in [0.2, 0.25) is 0 Å². The number of rotatable bonds is 5. The lowest BCUT2D eigenvalue weighted by atomic mass is 10.3. The first-order valence-electron chi connectivity index (χ1n) is 5.81. The maximum absolute atomic E-state index is 5.15. The van der Waals surface area contributed by atoms with Crippen LogP contribution in [0, 0.1) is 0 Å². The first-order valence-corrected chi connectivity index (χ1v) is 6.61. The van der Waals surface area contributed by atoms with E-state index in [1.165, 1.54) is 0 Å². The molecular weight excluding hydrogens is 310 g/mol. The number of nitrogens with zero attached hydrogens (tertiary/aromatic N) is 4. The monoisotopic (exact) mass is 323 g/mol. The minimum absolute atomic E-state index is 0.398. The molecule has 0 aliphatic carbocycles. The molecule has 1 N–H and O–H groups in total. The summed E-state index contributed by atoms with van der Waals surface area (Å²) >= 11 is 3.49. The van der Waals surface area contributed by atoms with Gasteiger partial charge in [0.2, 0.25) is 0 Å². The summed E-state index contributed by atoms with van der Waals surface area (Å²) in [6, 6.07) is 0. The summed E-state index contributed by atoms with van der Waals surface area (Å²) in [5.74, 6) is 1.25. The highest BCUT2D eigenvalue weighted by Gasteiger charge is 2.13. The molecule has 2 aromatic heterocycles. The second-order valence-electron chi connectivity index (χ2n) is 3.71. The standard InChI is InChI=1S/C12H14BrN5O/c1-3-15-12-10(13)9(7-19-2)17-11(18-12)8-6-14-4-5-16-8/h4-6H,3,7H2,1-2H3,(H,15,17,18). The average molecular weight is 324 g/mol. The van der Waals surface area contributed by atoms with Gasteiger partial charge in [-0.25, -0.2) is 15.0 Å². The molecule has 2 heterocycles. The molecular formula is C12H14BrN5O. The Hall–Kier alpha value is -1.60. The average Bonchev–Trinajstić information content (AvgIpc) is 2.44. The van der Waals surface area contributed by atoms with Gasteiger partial charge in [-0.2, -0.15) is 0 Å². The van der Waals surface area contributed by atoms with E-state index < -0.39 is 0 Å². The molecule has 19 heavy (non-hydrogen) atoms. The molecule has 0 aromatic carbocycles. The van der Waals surface area contributed by atoms with Crippen molar-refractivity contribution in [2.24, 2.45) is 0 Å². The molecule has 0 unspecified atom stereocenters. The molecule has 0 saturated carbocycles. The molecule has 0 amide bonds. The second kappa shape index (κ2) is 6.53. The lowest BCUT2D eigenvalue weighted by Gasteiger charge is -2.11. The summed E-state index contributed by atoms with van der Waals surface area (Å²) in [5.41, 5.74) is 1.40. The molecule has 2 rings (SSSR count). The van der Waals surface area contributed by atoms with E-state index in [4.69, 9.17) is 4.74 Å². The molecule has 0 saturated heterocycles. The predicted octanol–water partition coefficient (Wildman–Crippen LogP) is 2.27. The van der Waals surface area contributed by atoms with Gasteiger partial charge in [0.1, 0.15) is 11.5 Å². The molecule has 0 spiro atoms. The maximum Gasteiger partial charge on any atom is 0.182 e. The van der Waals surface area contributed by atoms with Crippen molar-refractivity contribution in [3.63, 3.8) is 0 Å². The molecule has 0 aliphatic rings. The third kappa shape index (κ3) is 3.24. The van der Waals surface area contributed by atoms with Crippen molar-refractivity contribution in [3.8, 4) is 11.5 Å². The number of ether oxygens (including phenoxy) is 1. The number of methoxy groups -OCH3 is 1. The van der Waals surface area contributed by atoms with Crippen molar-refractivity contribution in [1.82, 2.24) is 19.9 Å². The van der Waals surface area contributed by atoms with Crippen LogP contribution in [0.15, 0.2) is 23.1 Å². The largest absolute Gasteiger partial charge is 0.378 e. The Kier molecular flexibility index (Phi) is 4.75. The van der Waals surface area contributed by atoms with E-state index >= 15 is 0 Å². The van der Waals surface area contributed by atoms with Crippen LogP contribution in [-0.4, -0.2) is 33.6 Å². The fourth-order valence-corrected chi connectivity index (χ4v) is 1.97. The Morgan fingerprint density at radius 1 is 1.32 bits per heavy atom. The zero-order valence-electron chi connectivity index (χ0n) is 10.7. The van der Waals surface area contributed by atoms with Crippen LogP contribution < -0.4 is 5.32 Å². The van der Waals surface area contributed by atoms with Crippen LogP contribution in [0.25, 0.3) is 11.5 Å². The predicted molar refractivity (Wildman–Crippen MR) is 75.6 cm³/mol. The maximum atomic E-state index is 5.15. The lowest BCUT2D eigenvalue weighted by molar-refractivity contribution is 0.181. The number of hydrogen-bond donors (Lipinski definition) is 1. The summed E-state index contributed by atoms with van der Waals surface area (Å²) in [6.07, 6.45) is 4.86. The molecule has 0 bridgehead atoms. The van der Waals surface area contributed by atoms with Gasteiger partial charge in [-0.05, 0) is 22.9 Å². The van der Waals surface area contributed by atoms with Gasteiger partial charge in [0.15, 0.2) is 5.82 Å². The van der Waals surface area contributed by atoms with Gasteiger partial charge in [0.25, 0.3) is 0 Å². The van der Waals surface area contributed by atoms with Gasteiger partial charge in [-0.1, -0.05) is 0 Å². The van der Waals surface area contributed by atoms with Gasteiger partial charge >= 0.3 is 0 Å². The normalized spacial score (nSPS) is 10.5. The highest BCUT2D eigenvalue weighted by Crippen LogP contribution is 2.26. The van der Waals surface area contributed by atoms with Crippen molar-refractivity contribution < 1.29 is 4.74 Å². The number of nitrogens with one attached hydrogen (secondary N) is 1. The number of anilines is 1. The van der Waals surface area contributed by atoms with Crippen LogP contribution in [0.5, 0.6) is 0 Å². The quantitative estimate of drug-likeness (QED) is 0.910. The van der Waals surface area contributed by atoms with Crippen LogP contribution >= 0.6 is 15.9 Å². The van der Waals surface area contributed by atoms with E-state index in [1.807, 2.05) is 6.92 Å². The van der Waals surface area contributed by atoms with Gasteiger partial charge < -0.3 is 10.1 Å². The highest BCUT2D eigenvalue weighted by molar-refractivity contribution is 9.10. The van der Waals surface area contributed by atoms with Crippen LogP contribution in [0.4, 0.5) is 5.82 Å². The van der Waals surface area contributed by atoms with E-state index in [-0.39, 0.29) is 0 Å². The molecule has 0 aliphatic heterocycles. The topological polar surface area (TPSA) is 72.8 Å². The Balaban J connectivity index is 2.49. The van der Waals surface area contributed by atoms with E-state index in [2.05, 4.69) is 41.2 Å². The number of aromatic nitrogens is 4. The van der Waals surface area contributed by atoms with E-state index in [0.717, 1.165) is 22.5 Å². The molecule has 2 aromatic rings. The lowest BCUT2D eigenvalue weighted by Crippen LogP contribution is -2.07. The second-order valence-corrected chi connectivity index (χ2v) is 4.50. The molecule has 0 fully saturated rings. The smallest absolute Gasteiger partial charge is 0.182 e. The summed E-state index contributed by atoms with van der Waals surface area (Å²) in [5, 5.41) is 3.18. The van der Waals surface area contributed by atoms with Gasteiger partial charge in [0.05, 0.1) is 23.0 Å². The van der Waals surface area contributed by atoms with Crippen LogP contribution in [0.1, 0.15) is 12.6 Å². The fraction of sp³-hybridized carbons (Fsp3) is 0.333.